The number of piperidine rings is 1. The monoisotopic (exact) mass is 294 g/mol. The smallest absolute Gasteiger partial charge is 0.0666 e. The SMILES string of the molecule is CCc1nn(C)cc1CN1CCC(N(C)CCCO)CC1. The van der Waals surface area contributed by atoms with E-state index in [0.717, 1.165) is 39.0 Å². The largest absolute Gasteiger partial charge is 0.396 e. The van der Waals surface area contributed by atoms with Gasteiger partial charge in [0.15, 0.2) is 0 Å². The molecule has 0 amide bonds. The van der Waals surface area contributed by atoms with Crippen LogP contribution in [0.2, 0.25) is 0 Å². The number of aliphatic hydroxyl groups is 1. The van der Waals surface area contributed by atoms with Crippen molar-refractivity contribution < 1.29 is 5.11 Å². The number of rotatable bonds is 7. The highest BCUT2D eigenvalue weighted by Gasteiger charge is 2.23. The summed E-state index contributed by atoms with van der Waals surface area (Å²) in [5.41, 5.74) is 2.62. The van der Waals surface area contributed by atoms with Gasteiger partial charge in [0.1, 0.15) is 0 Å². The van der Waals surface area contributed by atoms with Crippen LogP contribution in [-0.4, -0.2) is 64.0 Å². The summed E-state index contributed by atoms with van der Waals surface area (Å²) >= 11 is 0. The van der Waals surface area contributed by atoms with E-state index in [1.54, 1.807) is 0 Å². The Kier molecular flexibility index (Phi) is 6.21. The van der Waals surface area contributed by atoms with Gasteiger partial charge in [-0.3, -0.25) is 9.58 Å². The molecule has 0 saturated carbocycles. The Hall–Kier alpha value is -0.910. The molecule has 0 radical (unpaired) electrons. The summed E-state index contributed by atoms with van der Waals surface area (Å²) in [6.45, 7) is 6.82. The first-order valence-corrected chi connectivity index (χ1v) is 8.18. The summed E-state index contributed by atoms with van der Waals surface area (Å²) in [5.74, 6) is 0. The molecule has 1 fully saturated rings. The van der Waals surface area contributed by atoms with Gasteiger partial charge in [-0.25, -0.2) is 0 Å². The fourth-order valence-corrected chi connectivity index (χ4v) is 3.28. The average molecular weight is 294 g/mol. The molecule has 0 atom stereocenters. The molecule has 0 spiro atoms. The molecule has 5 nitrogen and oxygen atoms in total. The van der Waals surface area contributed by atoms with E-state index >= 15 is 0 Å². The predicted octanol–water partition coefficient (Wildman–Crippen LogP) is 1.26. The van der Waals surface area contributed by atoms with Crippen molar-refractivity contribution in [1.82, 2.24) is 19.6 Å². The van der Waals surface area contributed by atoms with Gasteiger partial charge in [0.25, 0.3) is 0 Å². The Bertz CT molecular complexity index is 424. The molecule has 21 heavy (non-hydrogen) atoms. The van der Waals surface area contributed by atoms with Crippen LogP contribution < -0.4 is 0 Å². The molecule has 0 aliphatic carbocycles. The molecule has 2 rings (SSSR count). The molecule has 0 unspecified atom stereocenters. The minimum absolute atomic E-state index is 0.296. The summed E-state index contributed by atoms with van der Waals surface area (Å²) in [6, 6.07) is 0.673. The number of nitrogens with zero attached hydrogens (tertiary/aromatic N) is 4. The van der Waals surface area contributed by atoms with Crippen molar-refractivity contribution in [3.8, 4) is 0 Å². The third-order valence-electron chi connectivity index (χ3n) is 4.57. The third kappa shape index (κ3) is 4.53. The van der Waals surface area contributed by atoms with Gasteiger partial charge in [0, 0.05) is 44.5 Å². The van der Waals surface area contributed by atoms with Crippen molar-refractivity contribution in [1.29, 1.82) is 0 Å². The number of aryl methyl sites for hydroxylation is 2. The molecule has 1 aliphatic rings. The Morgan fingerprint density at radius 2 is 2.10 bits per heavy atom. The number of likely N-dealkylation sites (tertiary alicyclic amines) is 1. The summed E-state index contributed by atoms with van der Waals surface area (Å²) in [7, 11) is 4.19. The zero-order valence-corrected chi connectivity index (χ0v) is 13.8. The average Bonchev–Trinajstić information content (AvgIpc) is 2.85. The Morgan fingerprint density at radius 3 is 2.71 bits per heavy atom. The standard InChI is InChI=1S/C16H30N4O/c1-4-16-14(12-19(3)17-16)13-20-9-6-15(7-10-20)18(2)8-5-11-21/h12,15,21H,4-11,13H2,1-3H3. The first kappa shape index (κ1) is 16.5. The molecular formula is C16H30N4O. The Balaban J connectivity index is 1.81. The lowest BCUT2D eigenvalue weighted by molar-refractivity contribution is 0.117. The van der Waals surface area contributed by atoms with Crippen molar-refractivity contribution in [2.24, 2.45) is 7.05 Å². The van der Waals surface area contributed by atoms with Crippen molar-refractivity contribution >= 4 is 0 Å². The van der Waals surface area contributed by atoms with E-state index in [9.17, 15) is 0 Å². The van der Waals surface area contributed by atoms with Crippen LogP contribution in [0.25, 0.3) is 0 Å². The van der Waals surface area contributed by atoms with Crippen LogP contribution in [0.3, 0.4) is 0 Å². The number of hydrogen-bond donors (Lipinski definition) is 1. The molecule has 120 valence electrons. The van der Waals surface area contributed by atoms with Crippen molar-refractivity contribution in [3.05, 3.63) is 17.5 Å². The molecule has 5 heteroatoms. The molecule has 1 saturated heterocycles. The van der Waals surface area contributed by atoms with E-state index in [2.05, 4.69) is 35.1 Å². The van der Waals surface area contributed by atoms with Gasteiger partial charge in [0.05, 0.1) is 5.69 Å². The second-order valence-corrected chi connectivity index (χ2v) is 6.19. The van der Waals surface area contributed by atoms with Crippen LogP contribution in [-0.2, 0) is 20.0 Å². The molecule has 1 aliphatic heterocycles. The number of hydrogen-bond acceptors (Lipinski definition) is 4. The van der Waals surface area contributed by atoms with Gasteiger partial charge in [-0.2, -0.15) is 5.10 Å². The molecule has 0 bridgehead atoms. The minimum Gasteiger partial charge on any atom is -0.396 e. The lowest BCUT2D eigenvalue weighted by atomic mass is 10.0. The second-order valence-electron chi connectivity index (χ2n) is 6.19. The van der Waals surface area contributed by atoms with Gasteiger partial charge in [-0.15, -0.1) is 0 Å². The zero-order valence-electron chi connectivity index (χ0n) is 13.8. The zero-order chi connectivity index (χ0) is 15.2. The normalized spacial score (nSPS) is 17.8. The maximum atomic E-state index is 8.93. The van der Waals surface area contributed by atoms with E-state index < -0.39 is 0 Å². The highest BCUT2D eigenvalue weighted by atomic mass is 16.3. The maximum Gasteiger partial charge on any atom is 0.0666 e. The van der Waals surface area contributed by atoms with Gasteiger partial charge in [-0.05, 0) is 45.8 Å². The number of aliphatic hydroxyl groups excluding tert-OH is 1. The molecular weight excluding hydrogens is 264 g/mol. The molecule has 1 aromatic heterocycles. The molecule has 0 aromatic carbocycles. The van der Waals surface area contributed by atoms with Gasteiger partial charge in [0.2, 0.25) is 0 Å². The second kappa shape index (κ2) is 7.92. The topological polar surface area (TPSA) is 44.5 Å². The van der Waals surface area contributed by atoms with Gasteiger partial charge < -0.3 is 10.0 Å². The van der Waals surface area contributed by atoms with Crippen molar-refractivity contribution in [3.63, 3.8) is 0 Å². The van der Waals surface area contributed by atoms with E-state index in [4.69, 9.17) is 5.11 Å². The highest BCUT2D eigenvalue weighted by Crippen LogP contribution is 2.19. The van der Waals surface area contributed by atoms with E-state index in [0.29, 0.717) is 12.6 Å². The van der Waals surface area contributed by atoms with Crippen LogP contribution in [0.5, 0.6) is 0 Å². The summed E-state index contributed by atoms with van der Waals surface area (Å²) in [6.07, 6.45) is 6.51. The van der Waals surface area contributed by atoms with E-state index in [1.165, 1.54) is 24.1 Å². The summed E-state index contributed by atoms with van der Waals surface area (Å²) in [5, 5.41) is 13.5. The molecule has 1 aromatic rings. The molecule has 2 heterocycles. The number of aromatic nitrogens is 2. The molecule has 1 N–H and O–H groups in total. The van der Waals surface area contributed by atoms with Crippen LogP contribution >= 0.6 is 0 Å². The lowest BCUT2D eigenvalue weighted by Gasteiger charge is -2.36. The first-order valence-electron chi connectivity index (χ1n) is 8.18. The third-order valence-corrected chi connectivity index (χ3v) is 4.57. The Morgan fingerprint density at radius 1 is 1.38 bits per heavy atom. The lowest BCUT2D eigenvalue weighted by Crippen LogP contribution is -2.43. The predicted molar refractivity (Wildman–Crippen MR) is 85.2 cm³/mol. The van der Waals surface area contributed by atoms with Gasteiger partial charge in [-0.1, -0.05) is 6.92 Å². The Labute approximate surface area is 128 Å². The van der Waals surface area contributed by atoms with Gasteiger partial charge >= 0.3 is 0 Å². The van der Waals surface area contributed by atoms with E-state index in [-0.39, 0.29) is 0 Å². The fourth-order valence-electron chi connectivity index (χ4n) is 3.28. The first-order chi connectivity index (χ1) is 10.1. The van der Waals surface area contributed by atoms with E-state index in [1.807, 2.05) is 11.7 Å². The van der Waals surface area contributed by atoms with Crippen molar-refractivity contribution in [2.75, 3.05) is 33.3 Å². The highest BCUT2D eigenvalue weighted by molar-refractivity contribution is 5.17. The fraction of sp³-hybridized carbons (Fsp3) is 0.812. The maximum absolute atomic E-state index is 8.93. The summed E-state index contributed by atoms with van der Waals surface area (Å²) < 4.78 is 1.93. The van der Waals surface area contributed by atoms with Crippen LogP contribution in [0.4, 0.5) is 0 Å². The van der Waals surface area contributed by atoms with Crippen molar-refractivity contribution in [2.45, 2.75) is 45.2 Å². The van der Waals surface area contributed by atoms with Crippen LogP contribution in [0, 0.1) is 0 Å². The minimum atomic E-state index is 0.296. The van der Waals surface area contributed by atoms with Crippen LogP contribution in [0.15, 0.2) is 6.20 Å². The quantitative estimate of drug-likeness (QED) is 0.822. The van der Waals surface area contributed by atoms with Crippen LogP contribution in [0.1, 0.15) is 37.4 Å². The summed E-state index contributed by atoms with van der Waals surface area (Å²) in [4.78, 5) is 4.96.